The predicted molar refractivity (Wildman–Crippen MR) is 188 cm³/mol. The van der Waals surface area contributed by atoms with Gasteiger partial charge in [0.1, 0.15) is 6.04 Å². The Kier molecular flexibility index (Phi) is 11.1. The van der Waals surface area contributed by atoms with Crippen LogP contribution in [0.3, 0.4) is 0 Å². The third-order valence-corrected chi connectivity index (χ3v) is 11.7. The van der Waals surface area contributed by atoms with Gasteiger partial charge in [0.25, 0.3) is 5.91 Å². The van der Waals surface area contributed by atoms with Gasteiger partial charge in [0, 0.05) is 38.3 Å². The molecule has 6 atom stereocenters. The molecular weight excluding hydrogens is 638 g/mol. The molecule has 0 aromatic heterocycles. The molecule has 4 N–H and O–H groups in total. The molecule has 2 aliphatic carbocycles. The first kappa shape index (κ1) is 39.5. The van der Waals surface area contributed by atoms with Crippen molar-refractivity contribution in [3.63, 3.8) is 0 Å². The fourth-order valence-corrected chi connectivity index (χ4v) is 8.34. The van der Waals surface area contributed by atoms with Gasteiger partial charge in [-0.15, -0.1) is 0 Å². The van der Waals surface area contributed by atoms with E-state index >= 15 is 0 Å². The summed E-state index contributed by atoms with van der Waals surface area (Å²) in [5.41, 5.74) is 3.55. The Morgan fingerprint density at radius 3 is 1.96 bits per heavy atom. The molecular formula is C38H61N5O7. The second kappa shape index (κ2) is 14.0. The highest BCUT2D eigenvalue weighted by Gasteiger charge is 2.57. The van der Waals surface area contributed by atoms with E-state index in [9.17, 15) is 33.6 Å². The van der Waals surface area contributed by atoms with Gasteiger partial charge in [-0.2, -0.15) is 0 Å². The van der Waals surface area contributed by atoms with Crippen LogP contribution in [0.2, 0.25) is 0 Å². The average molecular weight is 700 g/mol. The molecule has 0 bridgehead atoms. The van der Waals surface area contributed by atoms with Crippen LogP contribution in [0.5, 0.6) is 0 Å². The van der Waals surface area contributed by atoms with Crippen molar-refractivity contribution in [1.29, 1.82) is 0 Å². The lowest BCUT2D eigenvalue weighted by Gasteiger charge is -2.40. The number of nitrogens with one attached hydrogen (secondary N) is 2. The zero-order chi connectivity index (χ0) is 37.7. The van der Waals surface area contributed by atoms with Gasteiger partial charge in [0.15, 0.2) is 5.78 Å². The third kappa shape index (κ3) is 8.94. The zero-order valence-corrected chi connectivity index (χ0v) is 31.9. The highest BCUT2D eigenvalue weighted by molar-refractivity contribution is 6.36. The number of piperidine rings is 1. The van der Waals surface area contributed by atoms with Gasteiger partial charge in [-0.25, -0.2) is 4.79 Å². The number of Topliss-reactive ketones (excluding diaryl/α,β-unsaturated/α-hetero) is 2. The van der Waals surface area contributed by atoms with Crippen LogP contribution in [-0.2, 0) is 28.8 Å². The fourth-order valence-electron chi connectivity index (χ4n) is 8.34. The normalized spacial score (nSPS) is 26.6. The lowest BCUT2D eigenvalue weighted by atomic mass is 9.78. The van der Waals surface area contributed by atoms with E-state index in [2.05, 4.69) is 24.5 Å². The van der Waals surface area contributed by atoms with Crippen molar-refractivity contribution in [2.75, 3.05) is 13.1 Å². The van der Waals surface area contributed by atoms with Crippen molar-refractivity contribution in [3.8, 4) is 0 Å². The van der Waals surface area contributed by atoms with Crippen LogP contribution in [0.4, 0.5) is 4.79 Å². The van der Waals surface area contributed by atoms with Gasteiger partial charge >= 0.3 is 6.03 Å². The minimum atomic E-state index is -1.04. The summed E-state index contributed by atoms with van der Waals surface area (Å²) in [5, 5.41) is 5.87. The Morgan fingerprint density at radius 1 is 0.880 bits per heavy atom. The van der Waals surface area contributed by atoms with Gasteiger partial charge in [-0.1, -0.05) is 82.1 Å². The van der Waals surface area contributed by atoms with Crippen molar-refractivity contribution in [3.05, 3.63) is 0 Å². The molecule has 4 aliphatic rings. The molecule has 0 spiro atoms. The maximum Gasteiger partial charge on any atom is 0.315 e. The van der Waals surface area contributed by atoms with Crippen molar-refractivity contribution < 1.29 is 33.6 Å². The van der Waals surface area contributed by atoms with Gasteiger partial charge in [0.2, 0.25) is 23.5 Å². The van der Waals surface area contributed by atoms with Gasteiger partial charge in [-0.3, -0.25) is 33.7 Å². The summed E-state index contributed by atoms with van der Waals surface area (Å²) in [5.74, 6) is -3.52. The number of nitrogens with two attached hydrogens (primary N) is 1. The van der Waals surface area contributed by atoms with Crippen LogP contribution in [0.1, 0.15) is 121 Å². The first-order valence-corrected chi connectivity index (χ1v) is 18.4. The number of nitrogens with zero attached hydrogens (tertiary/aromatic N) is 2. The molecule has 4 rings (SSSR count). The monoisotopic (exact) mass is 699 g/mol. The summed E-state index contributed by atoms with van der Waals surface area (Å²) in [6.07, 6.45) is 4.29. The number of ketones is 2. The van der Waals surface area contributed by atoms with E-state index in [0.29, 0.717) is 18.9 Å². The number of carbonyl (C=O) groups excluding carboxylic acids is 7. The Hall–Kier alpha value is -3.31. The molecule has 12 nitrogen and oxygen atoms in total. The van der Waals surface area contributed by atoms with Crippen molar-refractivity contribution >= 4 is 41.2 Å². The molecule has 2 heterocycles. The highest BCUT2D eigenvalue weighted by atomic mass is 16.2. The molecule has 0 aromatic carbocycles. The van der Waals surface area contributed by atoms with E-state index in [1.54, 1.807) is 4.90 Å². The average Bonchev–Trinajstić information content (AvgIpc) is 3.60. The number of rotatable bonds is 12. The number of carbonyl (C=O) groups is 7. The number of primary amides is 1. The fraction of sp³-hybridized carbons (Fsp3) is 0.816. The summed E-state index contributed by atoms with van der Waals surface area (Å²) < 4.78 is 0. The van der Waals surface area contributed by atoms with Crippen LogP contribution in [0, 0.1) is 45.3 Å². The van der Waals surface area contributed by atoms with Gasteiger partial charge < -0.3 is 21.3 Å². The molecule has 6 amide bonds. The second-order valence-corrected chi connectivity index (χ2v) is 19.3. The van der Waals surface area contributed by atoms with E-state index in [-0.39, 0.29) is 66.6 Å². The van der Waals surface area contributed by atoms with E-state index in [1.165, 1.54) is 4.90 Å². The minimum absolute atomic E-state index is 0.00594. The maximum atomic E-state index is 14.6. The Balaban J connectivity index is 1.56. The summed E-state index contributed by atoms with van der Waals surface area (Å²) in [4.78, 5) is 96.2. The van der Waals surface area contributed by atoms with Crippen LogP contribution >= 0.6 is 0 Å². The van der Waals surface area contributed by atoms with Crippen LogP contribution in [-0.4, -0.2) is 82.2 Å². The molecule has 2 saturated carbocycles. The van der Waals surface area contributed by atoms with E-state index in [1.807, 2.05) is 55.4 Å². The second-order valence-electron chi connectivity index (χ2n) is 19.3. The quantitative estimate of drug-likeness (QED) is 0.204. The van der Waals surface area contributed by atoms with Gasteiger partial charge in [-0.05, 0) is 58.7 Å². The lowest BCUT2D eigenvalue weighted by Crippen LogP contribution is -2.62. The number of hydrogen-bond acceptors (Lipinski definition) is 7. The van der Waals surface area contributed by atoms with Crippen LogP contribution in [0.15, 0.2) is 0 Å². The number of likely N-dealkylation sites (tertiary alicyclic amines) is 2. The van der Waals surface area contributed by atoms with Crippen molar-refractivity contribution in [2.24, 2.45) is 51.1 Å². The van der Waals surface area contributed by atoms with Crippen LogP contribution < -0.4 is 16.4 Å². The molecule has 50 heavy (non-hydrogen) atoms. The topological polar surface area (TPSA) is 176 Å². The smallest absolute Gasteiger partial charge is 0.315 e. The van der Waals surface area contributed by atoms with E-state index in [0.717, 1.165) is 25.7 Å². The Morgan fingerprint density at radius 2 is 1.46 bits per heavy atom. The summed E-state index contributed by atoms with van der Waals surface area (Å²) in [6.45, 7) is 19.7. The number of fused-ring (bicyclic) bond motifs is 1. The SMILES string of the molecule is CC1(C)CC(=O)N(C[C@@H](NC(=O)N[C@H](C(=O)N2C[C@H]3[C@H](CCC3(C)C)[C@H]2C(=O)CC(CC2CC2)C(=O)C(N)=O)C(C)(C)C)C(C)(C)C)C(=O)C1. The maximum absolute atomic E-state index is 14.6. The summed E-state index contributed by atoms with van der Waals surface area (Å²) >= 11 is 0. The highest BCUT2D eigenvalue weighted by Crippen LogP contribution is 2.53. The Bertz CT molecular complexity index is 1380. The molecule has 1 unspecified atom stereocenters. The number of amides is 6. The van der Waals surface area contributed by atoms with Crippen molar-refractivity contribution in [1.82, 2.24) is 20.4 Å². The molecule has 0 radical (unpaired) electrons. The molecule has 2 saturated heterocycles. The van der Waals surface area contributed by atoms with E-state index in [4.69, 9.17) is 5.73 Å². The first-order chi connectivity index (χ1) is 22.8. The van der Waals surface area contributed by atoms with Crippen molar-refractivity contribution in [2.45, 2.75) is 139 Å². The molecule has 12 heteroatoms. The molecule has 4 fully saturated rings. The molecule has 280 valence electrons. The summed E-state index contributed by atoms with van der Waals surface area (Å²) in [7, 11) is 0. The number of hydrogen-bond donors (Lipinski definition) is 3. The predicted octanol–water partition coefficient (Wildman–Crippen LogP) is 3.98. The number of urea groups is 1. The van der Waals surface area contributed by atoms with E-state index < -0.39 is 58.0 Å². The summed E-state index contributed by atoms with van der Waals surface area (Å²) in [6, 6.07) is -3.03. The minimum Gasteiger partial charge on any atom is -0.363 e. The standard InChI is InChI=1S/C38H61N5O7/c1-35(2,3)26(20-42-27(45)17-37(7,8)18-28(42)46)40-34(50)41-31(36(4,5)6)33(49)43-19-24-23(13-14-38(24,9)10)29(43)25(44)16-22(15-21-11-12-21)30(47)32(39)48/h21-24,26,29,31H,11-20H2,1-10H3,(H2,39,48)(H2,40,41,50)/t22?,23-,24-,26+,29-,31+/m0/s1. The number of imide groups is 1. The zero-order valence-electron chi connectivity index (χ0n) is 31.9. The lowest BCUT2D eigenvalue weighted by molar-refractivity contribution is -0.153. The first-order valence-electron chi connectivity index (χ1n) is 18.4. The Labute approximate surface area is 297 Å². The van der Waals surface area contributed by atoms with Crippen LogP contribution in [0.25, 0.3) is 0 Å². The largest absolute Gasteiger partial charge is 0.363 e. The third-order valence-electron chi connectivity index (χ3n) is 11.7. The van der Waals surface area contributed by atoms with Gasteiger partial charge in [0.05, 0.1) is 12.1 Å². The molecule has 2 aliphatic heterocycles. The molecule has 0 aromatic rings.